The Hall–Kier alpha value is -1.71. The van der Waals surface area contributed by atoms with Gasteiger partial charge in [-0.15, -0.1) is 0 Å². The van der Waals surface area contributed by atoms with Crippen molar-refractivity contribution < 1.29 is 4.42 Å². The third-order valence-electron chi connectivity index (χ3n) is 2.49. The van der Waals surface area contributed by atoms with Crippen molar-refractivity contribution in [1.82, 2.24) is 9.97 Å². The Balaban J connectivity index is 3.06. The van der Waals surface area contributed by atoms with Crippen molar-refractivity contribution in [3.63, 3.8) is 0 Å². The molecule has 2 rings (SSSR count). The number of aryl methyl sites for hydroxylation is 3. The van der Waals surface area contributed by atoms with Gasteiger partial charge in [-0.1, -0.05) is 0 Å². The standard InChI is InChI=1S/C11H12N2O2/c1-5-7(3)15-11-6(2)12-8(4)13-9(11)10(5)14/h1-4H3. The van der Waals surface area contributed by atoms with E-state index in [0.29, 0.717) is 33.9 Å². The predicted octanol–water partition coefficient (Wildman–Crippen LogP) is 1.82. The van der Waals surface area contributed by atoms with E-state index < -0.39 is 0 Å². The van der Waals surface area contributed by atoms with Crippen LogP contribution < -0.4 is 5.43 Å². The Labute approximate surface area is 87.0 Å². The van der Waals surface area contributed by atoms with E-state index in [1.54, 1.807) is 20.8 Å². The van der Waals surface area contributed by atoms with E-state index in [0.717, 1.165) is 0 Å². The second-order valence-electron chi connectivity index (χ2n) is 3.65. The van der Waals surface area contributed by atoms with Crippen molar-refractivity contribution in [1.29, 1.82) is 0 Å². The molecule has 0 amide bonds. The molecule has 0 aliphatic rings. The molecule has 4 heteroatoms. The van der Waals surface area contributed by atoms with Gasteiger partial charge in [-0.3, -0.25) is 4.79 Å². The van der Waals surface area contributed by atoms with Crippen molar-refractivity contribution in [3.8, 4) is 0 Å². The topological polar surface area (TPSA) is 56.0 Å². The molecule has 2 aromatic rings. The minimum absolute atomic E-state index is 0.0673. The van der Waals surface area contributed by atoms with Gasteiger partial charge in [0.1, 0.15) is 11.6 Å². The molecule has 0 aliphatic carbocycles. The lowest BCUT2D eigenvalue weighted by Gasteiger charge is -2.04. The lowest BCUT2D eigenvalue weighted by molar-refractivity contribution is 0.552. The largest absolute Gasteiger partial charge is 0.457 e. The highest BCUT2D eigenvalue weighted by molar-refractivity contribution is 5.74. The number of rotatable bonds is 0. The van der Waals surface area contributed by atoms with Crippen LogP contribution in [-0.2, 0) is 0 Å². The first-order valence-corrected chi connectivity index (χ1v) is 4.76. The monoisotopic (exact) mass is 204 g/mol. The molecule has 0 aromatic carbocycles. The molecule has 0 saturated carbocycles. The van der Waals surface area contributed by atoms with Crippen molar-refractivity contribution in [2.45, 2.75) is 27.7 Å². The summed E-state index contributed by atoms with van der Waals surface area (Å²) < 4.78 is 5.53. The Morgan fingerprint density at radius 2 is 1.73 bits per heavy atom. The minimum atomic E-state index is -0.0673. The van der Waals surface area contributed by atoms with Crippen LogP contribution in [0.3, 0.4) is 0 Å². The normalized spacial score (nSPS) is 10.9. The summed E-state index contributed by atoms with van der Waals surface area (Å²) in [6.45, 7) is 7.10. The molecule has 0 radical (unpaired) electrons. The molecule has 0 fully saturated rings. The summed E-state index contributed by atoms with van der Waals surface area (Å²) in [6.07, 6.45) is 0. The van der Waals surface area contributed by atoms with Crippen LogP contribution in [0.1, 0.15) is 22.8 Å². The van der Waals surface area contributed by atoms with E-state index in [9.17, 15) is 4.79 Å². The van der Waals surface area contributed by atoms with Gasteiger partial charge in [-0.2, -0.15) is 0 Å². The fraction of sp³-hybridized carbons (Fsp3) is 0.364. The highest BCUT2D eigenvalue weighted by Crippen LogP contribution is 2.15. The summed E-state index contributed by atoms with van der Waals surface area (Å²) in [5.74, 6) is 1.22. The van der Waals surface area contributed by atoms with Gasteiger partial charge in [0.15, 0.2) is 11.1 Å². The summed E-state index contributed by atoms with van der Waals surface area (Å²) in [5, 5.41) is 0. The zero-order valence-corrected chi connectivity index (χ0v) is 9.21. The molecular weight excluding hydrogens is 192 g/mol. The van der Waals surface area contributed by atoms with Crippen LogP contribution in [0.4, 0.5) is 0 Å². The SMILES string of the molecule is Cc1nc(C)c2oc(C)c(C)c(=O)c2n1. The van der Waals surface area contributed by atoms with Crippen LogP contribution in [0.2, 0.25) is 0 Å². The molecule has 15 heavy (non-hydrogen) atoms. The first-order chi connectivity index (χ1) is 7.00. The maximum atomic E-state index is 11.9. The number of fused-ring (bicyclic) bond motifs is 1. The second kappa shape index (κ2) is 3.15. The summed E-state index contributed by atoms with van der Waals surface area (Å²) in [4.78, 5) is 20.2. The highest BCUT2D eigenvalue weighted by Gasteiger charge is 2.12. The Kier molecular flexibility index (Phi) is 2.07. The van der Waals surface area contributed by atoms with E-state index in [4.69, 9.17) is 4.42 Å². The smallest absolute Gasteiger partial charge is 0.214 e. The fourth-order valence-electron chi connectivity index (χ4n) is 1.55. The van der Waals surface area contributed by atoms with Gasteiger partial charge >= 0.3 is 0 Å². The van der Waals surface area contributed by atoms with E-state index in [1.807, 2.05) is 6.92 Å². The molecule has 0 atom stereocenters. The van der Waals surface area contributed by atoms with Gasteiger partial charge in [0.2, 0.25) is 5.43 Å². The van der Waals surface area contributed by atoms with Gasteiger partial charge in [0.25, 0.3) is 0 Å². The number of hydrogen-bond donors (Lipinski definition) is 0. The molecule has 4 nitrogen and oxygen atoms in total. The first kappa shape index (κ1) is 9.83. The molecule has 0 bridgehead atoms. The van der Waals surface area contributed by atoms with Crippen LogP contribution in [0.5, 0.6) is 0 Å². The van der Waals surface area contributed by atoms with E-state index in [2.05, 4.69) is 9.97 Å². The van der Waals surface area contributed by atoms with E-state index in [-0.39, 0.29) is 5.43 Å². The van der Waals surface area contributed by atoms with Crippen LogP contribution in [0.25, 0.3) is 11.1 Å². The molecule has 0 spiro atoms. The molecular formula is C11H12N2O2. The molecule has 2 aromatic heterocycles. The molecule has 0 N–H and O–H groups in total. The predicted molar refractivity (Wildman–Crippen MR) is 57.0 cm³/mol. The third-order valence-corrected chi connectivity index (χ3v) is 2.49. The zero-order valence-electron chi connectivity index (χ0n) is 9.21. The summed E-state index contributed by atoms with van der Waals surface area (Å²) >= 11 is 0. The molecule has 78 valence electrons. The summed E-state index contributed by atoms with van der Waals surface area (Å²) in [7, 11) is 0. The Bertz CT molecular complexity index is 600. The summed E-state index contributed by atoms with van der Waals surface area (Å²) in [5.41, 5.74) is 2.12. The van der Waals surface area contributed by atoms with Crippen LogP contribution in [0, 0.1) is 27.7 Å². The zero-order chi connectivity index (χ0) is 11.2. The Morgan fingerprint density at radius 3 is 2.40 bits per heavy atom. The molecule has 0 unspecified atom stereocenters. The van der Waals surface area contributed by atoms with E-state index in [1.165, 1.54) is 0 Å². The lowest BCUT2D eigenvalue weighted by Crippen LogP contribution is -2.11. The molecule has 0 saturated heterocycles. The van der Waals surface area contributed by atoms with E-state index >= 15 is 0 Å². The van der Waals surface area contributed by atoms with Gasteiger partial charge in [-0.05, 0) is 27.7 Å². The minimum Gasteiger partial charge on any atom is -0.457 e. The average molecular weight is 204 g/mol. The quantitative estimate of drug-likeness (QED) is 0.656. The molecule has 2 heterocycles. The third kappa shape index (κ3) is 1.42. The second-order valence-corrected chi connectivity index (χ2v) is 3.65. The van der Waals surface area contributed by atoms with Gasteiger partial charge in [0.05, 0.1) is 5.69 Å². The molecule has 0 aliphatic heterocycles. The maximum Gasteiger partial charge on any atom is 0.214 e. The van der Waals surface area contributed by atoms with Gasteiger partial charge in [-0.25, -0.2) is 9.97 Å². The first-order valence-electron chi connectivity index (χ1n) is 4.76. The van der Waals surface area contributed by atoms with Crippen molar-refractivity contribution in [2.24, 2.45) is 0 Å². The average Bonchev–Trinajstić information content (AvgIpc) is 2.17. The van der Waals surface area contributed by atoms with Gasteiger partial charge in [0, 0.05) is 5.56 Å². The van der Waals surface area contributed by atoms with Crippen molar-refractivity contribution in [3.05, 3.63) is 33.1 Å². The van der Waals surface area contributed by atoms with Crippen LogP contribution in [-0.4, -0.2) is 9.97 Å². The number of aromatic nitrogens is 2. The number of hydrogen-bond acceptors (Lipinski definition) is 4. The summed E-state index contributed by atoms with van der Waals surface area (Å²) in [6, 6.07) is 0. The van der Waals surface area contributed by atoms with Crippen molar-refractivity contribution in [2.75, 3.05) is 0 Å². The lowest BCUT2D eigenvalue weighted by atomic mass is 10.2. The van der Waals surface area contributed by atoms with Crippen molar-refractivity contribution >= 4 is 11.1 Å². The van der Waals surface area contributed by atoms with Gasteiger partial charge < -0.3 is 4.42 Å². The fourth-order valence-corrected chi connectivity index (χ4v) is 1.55. The Morgan fingerprint density at radius 1 is 1.07 bits per heavy atom. The highest BCUT2D eigenvalue weighted by atomic mass is 16.3. The van der Waals surface area contributed by atoms with Crippen LogP contribution >= 0.6 is 0 Å². The van der Waals surface area contributed by atoms with Crippen LogP contribution in [0.15, 0.2) is 9.21 Å². The maximum absolute atomic E-state index is 11.9. The number of nitrogens with zero attached hydrogens (tertiary/aromatic N) is 2.